The standard InChI is InChI=1S/C20H19FN6O5S/c21-16-3-1-2-4-17(16)25-9-11-26(12-10-25)19-18(27(28)29)20(24-13-23-19)32-14-5-7-15(8-6-14)33(22,30)31/h1-8,13H,9-12H2,(H2,22,30,31). The van der Waals surface area contributed by atoms with E-state index >= 15 is 0 Å². The largest absolute Gasteiger partial charge is 0.434 e. The number of nitrogens with zero attached hydrogens (tertiary/aromatic N) is 5. The molecule has 1 aliphatic rings. The third-order valence-electron chi connectivity index (χ3n) is 5.09. The molecular weight excluding hydrogens is 455 g/mol. The smallest absolute Gasteiger partial charge is 0.373 e. The molecule has 1 saturated heterocycles. The van der Waals surface area contributed by atoms with Crippen molar-refractivity contribution >= 4 is 27.2 Å². The molecule has 2 heterocycles. The first-order chi connectivity index (χ1) is 15.7. The molecule has 1 aliphatic heterocycles. The van der Waals surface area contributed by atoms with Crippen molar-refractivity contribution in [2.75, 3.05) is 36.0 Å². The highest BCUT2D eigenvalue weighted by Crippen LogP contribution is 2.36. The van der Waals surface area contributed by atoms with E-state index in [2.05, 4.69) is 9.97 Å². The average molecular weight is 474 g/mol. The Kier molecular flexibility index (Phi) is 6.07. The second-order valence-electron chi connectivity index (χ2n) is 7.15. The maximum absolute atomic E-state index is 14.1. The van der Waals surface area contributed by atoms with E-state index in [0.29, 0.717) is 31.9 Å². The predicted molar refractivity (Wildman–Crippen MR) is 117 cm³/mol. The molecule has 0 spiro atoms. The lowest BCUT2D eigenvalue weighted by Gasteiger charge is -2.36. The van der Waals surface area contributed by atoms with Gasteiger partial charge in [-0.25, -0.2) is 22.9 Å². The van der Waals surface area contributed by atoms with Crippen molar-refractivity contribution in [1.29, 1.82) is 0 Å². The van der Waals surface area contributed by atoms with E-state index in [1.54, 1.807) is 23.1 Å². The van der Waals surface area contributed by atoms with Crippen molar-refractivity contribution in [1.82, 2.24) is 9.97 Å². The van der Waals surface area contributed by atoms with Crippen molar-refractivity contribution in [3.05, 3.63) is 70.8 Å². The average Bonchev–Trinajstić information content (AvgIpc) is 2.79. The number of primary sulfonamides is 1. The summed E-state index contributed by atoms with van der Waals surface area (Å²) in [6, 6.07) is 11.5. The molecule has 0 saturated carbocycles. The Labute approximate surface area is 188 Å². The molecule has 1 fully saturated rings. The van der Waals surface area contributed by atoms with E-state index in [9.17, 15) is 22.9 Å². The molecule has 0 bridgehead atoms. The highest BCUT2D eigenvalue weighted by Gasteiger charge is 2.31. The Balaban J connectivity index is 1.56. The molecule has 11 nitrogen and oxygen atoms in total. The normalized spacial score (nSPS) is 14.2. The SMILES string of the molecule is NS(=O)(=O)c1ccc(Oc2ncnc(N3CCN(c4ccccc4F)CC3)c2[N+](=O)[O-])cc1. The third-order valence-corrected chi connectivity index (χ3v) is 6.02. The number of piperazine rings is 1. The van der Waals surface area contributed by atoms with Crippen LogP contribution in [0.25, 0.3) is 0 Å². The van der Waals surface area contributed by atoms with Crippen LogP contribution in [-0.2, 0) is 10.0 Å². The Morgan fingerprint density at radius 3 is 2.24 bits per heavy atom. The van der Waals surface area contributed by atoms with Crippen LogP contribution in [0.5, 0.6) is 11.6 Å². The summed E-state index contributed by atoms with van der Waals surface area (Å²) in [6.07, 6.45) is 1.15. The quantitative estimate of drug-likeness (QED) is 0.420. The molecule has 13 heteroatoms. The fraction of sp³-hybridized carbons (Fsp3) is 0.200. The second-order valence-corrected chi connectivity index (χ2v) is 8.71. The van der Waals surface area contributed by atoms with Crippen molar-refractivity contribution in [2.45, 2.75) is 4.90 Å². The van der Waals surface area contributed by atoms with Gasteiger partial charge < -0.3 is 14.5 Å². The zero-order chi connectivity index (χ0) is 23.6. The van der Waals surface area contributed by atoms with Gasteiger partial charge in [0.1, 0.15) is 17.9 Å². The van der Waals surface area contributed by atoms with Crippen LogP contribution in [0.15, 0.2) is 59.8 Å². The van der Waals surface area contributed by atoms with Crippen molar-refractivity contribution in [3.63, 3.8) is 0 Å². The molecule has 4 rings (SSSR count). The van der Waals surface area contributed by atoms with Crippen molar-refractivity contribution < 1.29 is 22.5 Å². The van der Waals surface area contributed by atoms with E-state index in [0.717, 1.165) is 6.33 Å². The zero-order valence-electron chi connectivity index (χ0n) is 17.2. The number of nitrogens with two attached hydrogens (primary N) is 1. The topological polar surface area (TPSA) is 145 Å². The minimum atomic E-state index is -3.89. The van der Waals surface area contributed by atoms with Gasteiger partial charge in [0.15, 0.2) is 0 Å². The first kappa shape index (κ1) is 22.4. The Hall–Kier alpha value is -3.84. The van der Waals surface area contributed by atoms with Crippen molar-refractivity contribution in [2.24, 2.45) is 5.14 Å². The van der Waals surface area contributed by atoms with E-state index in [1.165, 1.54) is 30.3 Å². The van der Waals surface area contributed by atoms with E-state index in [1.807, 2.05) is 4.90 Å². The highest BCUT2D eigenvalue weighted by atomic mass is 32.2. The molecular formula is C20H19FN6O5S. The number of ether oxygens (including phenoxy) is 1. The van der Waals surface area contributed by atoms with Gasteiger partial charge in [-0.15, -0.1) is 0 Å². The Bertz CT molecular complexity index is 1280. The number of nitro groups is 1. The number of aromatic nitrogens is 2. The van der Waals surface area contributed by atoms with Gasteiger partial charge in [0.05, 0.1) is 15.5 Å². The number of hydrogen-bond donors (Lipinski definition) is 1. The minimum Gasteiger partial charge on any atom is -0.434 e. The molecule has 0 aliphatic carbocycles. The van der Waals surface area contributed by atoms with Gasteiger partial charge in [0.2, 0.25) is 15.8 Å². The number of benzene rings is 2. The van der Waals surface area contributed by atoms with Crippen LogP contribution in [0.3, 0.4) is 0 Å². The summed E-state index contributed by atoms with van der Waals surface area (Å²) < 4.78 is 42.4. The van der Waals surface area contributed by atoms with Gasteiger partial charge in [-0.3, -0.25) is 10.1 Å². The summed E-state index contributed by atoms with van der Waals surface area (Å²) in [7, 11) is -3.89. The minimum absolute atomic E-state index is 0.0827. The van der Waals surface area contributed by atoms with Gasteiger partial charge in [-0.05, 0) is 36.4 Å². The number of para-hydroxylation sites is 1. The van der Waals surface area contributed by atoms with E-state index in [4.69, 9.17) is 9.88 Å². The molecule has 0 radical (unpaired) electrons. The van der Waals surface area contributed by atoms with Crippen LogP contribution < -0.4 is 19.7 Å². The summed E-state index contributed by atoms with van der Waals surface area (Å²) in [5.41, 5.74) is 0.0497. The molecule has 2 aromatic carbocycles. The fourth-order valence-corrected chi connectivity index (χ4v) is 4.01. The first-order valence-electron chi connectivity index (χ1n) is 9.78. The fourth-order valence-electron chi connectivity index (χ4n) is 3.50. The molecule has 1 aromatic heterocycles. The molecule has 3 aromatic rings. The maximum atomic E-state index is 14.1. The molecule has 172 valence electrons. The van der Waals surface area contributed by atoms with Crippen LogP contribution in [0.2, 0.25) is 0 Å². The van der Waals surface area contributed by atoms with Gasteiger partial charge in [0.25, 0.3) is 0 Å². The van der Waals surface area contributed by atoms with Crippen LogP contribution in [0.4, 0.5) is 21.6 Å². The number of sulfonamides is 1. The molecule has 33 heavy (non-hydrogen) atoms. The van der Waals surface area contributed by atoms with Crippen LogP contribution in [0.1, 0.15) is 0 Å². The van der Waals surface area contributed by atoms with Gasteiger partial charge in [-0.1, -0.05) is 12.1 Å². The summed E-state index contributed by atoms with van der Waals surface area (Å²) in [6.45, 7) is 1.62. The maximum Gasteiger partial charge on any atom is 0.373 e. The van der Waals surface area contributed by atoms with Crippen LogP contribution >= 0.6 is 0 Å². The summed E-state index contributed by atoms with van der Waals surface area (Å²) in [5.74, 6) is -0.396. The van der Waals surface area contributed by atoms with Gasteiger partial charge in [-0.2, -0.15) is 4.98 Å². The second kappa shape index (κ2) is 8.96. The summed E-state index contributed by atoms with van der Waals surface area (Å²) in [4.78, 5) is 22.7. The number of hydrogen-bond acceptors (Lipinski definition) is 9. The van der Waals surface area contributed by atoms with Crippen LogP contribution in [0, 0.1) is 15.9 Å². The van der Waals surface area contributed by atoms with Crippen LogP contribution in [-0.4, -0.2) is 49.5 Å². The highest BCUT2D eigenvalue weighted by molar-refractivity contribution is 7.89. The molecule has 0 unspecified atom stereocenters. The van der Waals surface area contributed by atoms with Gasteiger partial charge in [0, 0.05) is 26.2 Å². The first-order valence-corrected chi connectivity index (χ1v) is 11.3. The number of rotatable bonds is 6. The van der Waals surface area contributed by atoms with E-state index < -0.39 is 20.6 Å². The lowest BCUT2D eigenvalue weighted by molar-refractivity contribution is -0.385. The number of halogens is 1. The summed E-state index contributed by atoms with van der Waals surface area (Å²) in [5, 5.41) is 16.9. The molecule has 0 atom stereocenters. The lowest BCUT2D eigenvalue weighted by Crippen LogP contribution is -2.47. The predicted octanol–water partition coefficient (Wildman–Crippen LogP) is 2.29. The van der Waals surface area contributed by atoms with Gasteiger partial charge >= 0.3 is 11.6 Å². The lowest BCUT2D eigenvalue weighted by atomic mass is 10.2. The monoisotopic (exact) mass is 474 g/mol. The Morgan fingerprint density at radius 2 is 1.64 bits per heavy atom. The molecule has 2 N–H and O–H groups in total. The van der Waals surface area contributed by atoms with Crippen molar-refractivity contribution in [3.8, 4) is 11.6 Å². The summed E-state index contributed by atoms with van der Waals surface area (Å²) >= 11 is 0. The zero-order valence-corrected chi connectivity index (χ0v) is 18.0. The van der Waals surface area contributed by atoms with E-state index in [-0.39, 0.29) is 28.2 Å². The Morgan fingerprint density at radius 1 is 1.00 bits per heavy atom. The third kappa shape index (κ3) is 4.83. The molecule has 0 amide bonds. The number of anilines is 2.